The number of ether oxygens (including phenoxy) is 1. The Morgan fingerprint density at radius 1 is 1.22 bits per heavy atom. The van der Waals surface area contributed by atoms with Crippen LogP contribution in [0.15, 0.2) is 54.5 Å². The summed E-state index contributed by atoms with van der Waals surface area (Å²) in [5.74, 6) is -1.15. The number of amides is 1. The van der Waals surface area contributed by atoms with Gasteiger partial charge in [0.2, 0.25) is 0 Å². The molecule has 1 amide bonds. The average Bonchev–Trinajstić information content (AvgIpc) is 3.26. The van der Waals surface area contributed by atoms with E-state index in [9.17, 15) is 9.18 Å². The third-order valence-corrected chi connectivity index (χ3v) is 5.59. The van der Waals surface area contributed by atoms with Crippen molar-refractivity contribution >= 4 is 17.8 Å². The molecule has 32 heavy (non-hydrogen) atoms. The Hall–Kier alpha value is -2.81. The number of nitrogens with zero attached hydrogens (tertiary/aromatic N) is 2. The van der Waals surface area contributed by atoms with E-state index < -0.39 is 18.0 Å². The third-order valence-electron chi connectivity index (χ3n) is 5.59. The van der Waals surface area contributed by atoms with Crippen LogP contribution >= 0.6 is 0 Å². The highest BCUT2D eigenvalue weighted by Crippen LogP contribution is 2.18. The molecular weight excluding hydrogens is 411 g/mol. The van der Waals surface area contributed by atoms with E-state index in [-0.39, 0.29) is 0 Å². The molecule has 0 spiro atoms. The lowest BCUT2D eigenvalue weighted by Crippen LogP contribution is -2.33. The molecule has 2 aromatic rings. The Balaban J connectivity index is 1.23. The maximum Gasteiger partial charge on any atom is 0.303 e. The number of hydrogen-bond acceptors (Lipinski definition) is 6. The van der Waals surface area contributed by atoms with Gasteiger partial charge in [0.25, 0.3) is 0 Å². The van der Waals surface area contributed by atoms with Gasteiger partial charge in [-0.15, -0.1) is 0 Å². The molecule has 8 heteroatoms. The van der Waals surface area contributed by atoms with Crippen LogP contribution in [0.1, 0.15) is 36.8 Å². The normalized spacial score (nSPS) is 22.0. The summed E-state index contributed by atoms with van der Waals surface area (Å²) in [6.07, 6.45) is 5.78. The number of hydroxylamine groups is 1. The van der Waals surface area contributed by atoms with Crippen molar-refractivity contribution in [1.29, 1.82) is 0 Å². The topological polar surface area (TPSA) is 75.7 Å². The van der Waals surface area contributed by atoms with Crippen molar-refractivity contribution < 1.29 is 18.8 Å². The second-order valence-corrected chi connectivity index (χ2v) is 8.16. The van der Waals surface area contributed by atoms with Crippen LogP contribution in [0.2, 0.25) is 0 Å². The first kappa shape index (κ1) is 22.4. The second kappa shape index (κ2) is 11.2. The van der Waals surface area contributed by atoms with E-state index in [4.69, 9.17) is 9.57 Å². The maximum absolute atomic E-state index is 14.2. The number of anilines is 1. The molecule has 2 fully saturated rings. The minimum absolute atomic E-state index is 0.314. The van der Waals surface area contributed by atoms with Gasteiger partial charge in [0, 0.05) is 44.9 Å². The third kappa shape index (κ3) is 6.59. The molecule has 3 heterocycles. The zero-order valence-corrected chi connectivity index (χ0v) is 18.0. The van der Waals surface area contributed by atoms with Gasteiger partial charge in [0.05, 0.1) is 0 Å². The molecule has 2 saturated heterocycles. The van der Waals surface area contributed by atoms with Gasteiger partial charge < -0.3 is 10.1 Å². The number of likely N-dealkylation sites (tertiary alicyclic amines) is 1. The van der Waals surface area contributed by atoms with Crippen molar-refractivity contribution in [3.05, 3.63) is 65.6 Å². The summed E-state index contributed by atoms with van der Waals surface area (Å²) in [5, 5.41) is 3.44. The van der Waals surface area contributed by atoms with Gasteiger partial charge in [-0.2, -0.15) is 0 Å². The van der Waals surface area contributed by atoms with Crippen LogP contribution in [0.5, 0.6) is 0 Å². The van der Waals surface area contributed by atoms with Crippen LogP contribution < -0.4 is 10.8 Å². The van der Waals surface area contributed by atoms with Gasteiger partial charge in [-0.05, 0) is 48.6 Å². The number of nitrogens with one attached hydrogen (secondary N) is 2. The monoisotopic (exact) mass is 440 g/mol. The Morgan fingerprint density at radius 2 is 2.09 bits per heavy atom. The highest BCUT2D eigenvalue weighted by atomic mass is 19.1. The molecule has 170 valence electrons. The van der Waals surface area contributed by atoms with E-state index in [0.717, 1.165) is 50.8 Å². The molecular formula is C24H29FN4O3. The quantitative estimate of drug-likeness (QED) is 0.482. The standard InChI is InChI=1S/C24H29FN4O3/c25-21(24(30)28-32-23-8-4-5-13-31-23)14-19-9-10-22(26-15-19)27-20-11-12-29(17-20)16-18-6-2-1-3-7-18/h1-3,6-7,9-10,14-15,20,23H,4-5,8,11-13,16-17H2,(H,26,27)(H,28,30)/t20-,23?/m1/s1. The van der Waals surface area contributed by atoms with E-state index in [1.54, 1.807) is 12.1 Å². The van der Waals surface area contributed by atoms with Crippen LogP contribution in [0.25, 0.3) is 6.08 Å². The molecule has 1 unspecified atom stereocenters. The highest BCUT2D eigenvalue weighted by Gasteiger charge is 2.22. The lowest BCUT2D eigenvalue weighted by Gasteiger charge is -2.21. The zero-order chi connectivity index (χ0) is 22.2. The number of benzene rings is 1. The molecule has 0 radical (unpaired) electrons. The van der Waals surface area contributed by atoms with Gasteiger partial charge in [-0.25, -0.2) is 19.7 Å². The number of aromatic nitrogens is 1. The fraction of sp³-hybridized carbons (Fsp3) is 0.417. The number of halogens is 1. The molecule has 2 atom stereocenters. The summed E-state index contributed by atoms with van der Waals surface area (Å²) in [4.78, 5) is 23.8. The molecule has 2 N–H and O–H groups in total. The van der Waals surface area contributed by atoms with E-state index in [0.29, 0.717) is 24.6 Å². The molecule has 7 nitrogen and oxygen atoms in total. The average molecular weight is 441 g/mol. The number of hydrogen-bond donors (Lipinski definition) is 2. The summed E-state index contributed by atoms with van der Waals surface area (Å²) >= 11 is 0. The van der Waals surface area contributed by atoms with Crippen LogP contribution in [-0.4, -0.2) is 47.8 Å². The molecule has 1 aromatic heterocycles. The van der Waals surface area contributed by atoms with Gasteiger partial charge in [-0.3, -0.25) is 9.69 Å². The Kier molecular flexibility index (Phi) is 7.82. The SMILES string of the molecule is O=C(NOC1CCCCO1)C(F)=Cc1ccc(N[C@@H]2CCN(Cc3ccccc3)C2)nc1. The number of carbonyl (C=O) groups is 1. The number of pyridine rings is 1. The molecule has 4 rings (SSSR count). The van der Waals surface area contributed by atoms with Gasteiger partial charge in [0.15, 0.2) is 12.1 Å². The molecule has 0 bridgehead atoms. The van der Waals surface area contributed by atoms with Crippen molar-refractivity contribution in [2.75, 3.05) is 25.0 Å². The smallest absolute Gasteiger partial charge is 0.303 e. The first-order chi connectivity index (χ1) is 15.7. The van der Waals surface area contributed by atoms with Crippen LogP contribution in [0.3, 0.4) is 0 Å². The van der Waals surface area contributed by atoms with Crippen molar-refractivity contribution in [2.45, 2.75) is 44.6 Å². The van der Waals surface area contributed by atoms with Crippen molar-refractivity contribution in [3.63, 3.8) is 0 Å². The number of rotatable bonds is 8. The minimum Gasteiger partial charge on any atom is -0.366 e. The van der Waals surface area contributed by atoms with Crippen molar-refractivity contribution in [1.82, 2.24) is 15.4 Å². The summed E-state index contributed by atoms with van der Waals surface area (Å²) in [6.45, 7) is 3.49. The predicted octanol–water partition coefficient (Wildman–Crippen LogP) is 3.65. The summed E-state index contributed by atoms with van der Waals surface area (Å²) in [5.41, 5.74) is 3.91. The van der Waals surface area contributed by atoms with E-state index in [2.05, 4.69) is 44.9 Å². The van der Waals surface area contributed by atoms with E-state index in [1.165, 1.54) is 11.8 Å². The highest BCUT2D eigenvalue weighted by molar-refractivity contribution is 5.94. The van der Waals surface area contributed by atoms with Gasteiger partial charge >= 0.3 is 5.91 Å². The fourth-order valence-electron chi connectivity index (χ4n) is 3.90. The zero-order valence-electron chi connectivity index (χ0n) is 18.0. The Labute approximate surface area is 187 Å². The molecule has 0 aliphatic carbocycles. The van der Waals surface area contributed by atoms with E-state index >= 15 is 0 Å². The Morgan fingerprint density at radius 3 is 2.84 bits per heavy atom. The van der Waals surface area contributed by atoms with Crippen molar-refractivity contribution in [2.24, 2.45) is 0 Å². The van der Waals surface area contributed by atoms with Crippen LogP contribution in [0.4, 0.5) is 10.2 Å². The minimum atomic E-state index is -0.948. The predicted molar refractivity (Wildman–Crippen MR) is 120 cm³/mol. The summed E-state index contributed by atoms with van der Waals surface area (Å²) in [7, 11) is 0. The molecule has 0 saturated carbocycles. The summed E-state index contributed by atoms with van der Waals surface area (Å²) < 4.78 is 19.5. The fourth-order valence-corrected chi connectivity index (χ4v) is 3.90. The van der Waals surface area contributed by atoms with Crippen molar-refractivity contribution in [3.8, 4) is 0 Å². The first-order valence-corrected chi connectivity index (χ1v) is 11.1. The van der Waals surface area contributed by atoms with Gasteiger partial charge in [-0.1, -0.05) is 30.3 Å². The lowest BCUT2D eigenvalue weighted by atomic mass is 10.2. The van der Waals surface area contributed by atoms with E-state index in [1.807, 2.05) is 6.07 Å². The van der Waals surface area contributed by atoms with Crippen LogP contribution in [-0.2, 0) is 20.9 Å². The second-order valence-electron chi connectivity index (χ2n) is 8.16. The number of carbonyl (C=O) groups excluding carboxylic acids is 1. The molecule has 2 aliphatic rings. The molecule has 2 aliphatic heterocycles. The maximum atomic E-state index is 14.2. The largest absolute Gasteiger partial charge is 0.366 e. The summed E-state index contributed by atoms with van der Waals surface area (Å²) in [6, 6.07) is 14.3. The first-order valence-electron chi connectivity index (χ1n) is 11.1. The lowest BCUT2D eigenvalue weighted by molar-refractivity contribution is -0.199. The molecule has 1 aromatic carbocycles. The van der Waals surface area contributed by atoms with Gasteiger partial charge in [0.1, 0.15) is 5.82 Å². The van der Waals surface area contributed by atoms with Crippen LogP contribution in [0, 0.1) is 0 Å². The Bertz CT molecular complexity index is 901.